The summed E-state index contributed by atoms with van der Waals surface area (Å²) in [7, 11) is 0. The van der Waals surface area contributed by atoms with Crippen molar-refractivity contribution in [2.45, 2.75) is 20.4 Å². The summed E-state index contributed by atoms with van der Waals surface area (Å²) in [6.07, 6.45) is 1.92. The maximum absolute atomic E-state index is 12.0. The second-order valence-electron chi connectivity index (χ2n) is 6.39. The number of hydrogen-bond acceptors (Lipinski definition) is 3. The van der Waals surface area contributed by atoms with E-state index in [-0.39, 0.29) is 5.91 Å². The van der Waals surface area contributed by atoms with E-state index in [0.717, 1.165) is 28.7 Å². The van der Waals surface area contributed by atoms with Gasteiger partial charge >= 0.3 is 0 Å². The lowest BCUT2D eigenvalue weighted by atomic mass is 10.1. The van der Waals surface area contributed by atoms with Crippen LogP contribution in [0.25, 0.3) is 17.0 Å². The Labute approximate surface area is 156 Å². The first kappa shape index (κ1) is 16.7. The Morgan fingerprint density at radius 3 is 2.58 bits per heavy atom. The van der Waals surface area contributed by atoms with Crippen molar-refractivity contribution < 1.29 is 4.79 Å². The second kappa shape index (κ2) is 6.50. The van der Waals surface area contributed by atoms with Gasteiger partial charge in [0.25, 0.3) is 5.91 Å². The zero-order valence-electron chi connectivity index (χ0n) is 14.7. The average molecular weight is 361 g/mol. The van der Waals surface area contributed by atoms with Gasteiger partial charge in [0, 0.05) is 28.7 Å². The predicted octanol–water partition coefficient (Wildman–Crippen LogP) is 4.24. The van der Waals surface area contributed by atoms with Crippen molar-refractivity contribution >= 4 is 39.8 Å². The molecule has 1 amide bonds. The van der Waals surface area contributed by atoms with Crippen molar-refractivity contribution in [2.24, 2.45) is 10.7 Å². The topological polar surface area (TPSA) is 60.4 Å². The molecule has 0 aliphatic carbocycles. The van der Waals surface area contributed by atoms with Gasteiger partial charge < -0.3 is 10.3 Å². The first-order valence-corrected chi connectivity index (χ1v) is 9.26. The smallest absolute Gasteiger partial charge is 0.286 e. The van der Waals surface area contributed by atoms with Crippen LogP contribution >= 0.6 is 11.8 Å². The lowest BCUT2D eigenvalue weighted by Crippen LogP contribution is -2.03. The Hall–Kier alpha value is -2.79. The summed E-state index contributed by atoms with van der Waals surface area (Å²) >= 11 is 1.23. The Balaban J connectivity index is 1.86. The van der Waals surface area contributed by atoms with Gasteiger partial charge in [-0.3, -0.25) is 4.79 Å². The van der Waals surface area contributed by atoms with E-state index >= 15 is 0 Å². The summed E-state index contributed by atoms with van der Waals surface area (Å²) in [4.78, 5) is 16.4. The minimum Gasteiger partial charge on any atom is -0.378 e. The molecular weight excluding hydrogens is 342 g/mol. The number of benzene rings is 2. The number of nitrogens with zero attached hydrogens (tertiary/aromatic N) is 2. The van der Waals surface area contributed by atoms with Gasteiger partial charge in [-0.2, -0.15) is 4.99 Å². The molecule has 0 saturated carbocycles. The highest BCUT2D eigenvalue weighted by molar-refractivity contribution is 8.18. The number of thioether (sulfide) groups is 1. The number of rotatable bonds is 3. The summed E-state index contributed by atoms with van der Waals surface area (Å²) in [6, 6.07) is 16.7. The van der Waals surface area contributed by atoms with Gasteiger partial charge in [-0.1, -0.05) is 42.5 Å². The van der Waals surface area contributed by atoms with E-state index in [2.05, 4.69) is 59.8 Å². The minimum absolute atomic E-state index is 0.261. The molecule has 130 valence electrons. The van der Waals surface area contributed by atoms with Crippen molar-refractivity contribution in [1.82, 2.24) is 4.57 Å². The maximum Gasteiger partial charge on any atom is 0.286 e. The van der Waals surface area contributed by atoms with Gasteiger partial charge in [0.15, 0.2) is 5.17 Å². The number of aromatic nitrogens is 1. The van der Waals surface area contributed by atoms with Gasteiger partial charge in [-0.15, -0.1) is 0 Å². The van der Waals surface area contributed by atoms with Crippen LogP contribution in [-0.2, 0) is 11.3 Å². The molecule has 0 spiro atoms. The van der Waals surface area contributed by atoms with Crippen molar-refractivity contribution in [3.05, 3.63) is 75.8 Å². The third kappa shape index (κ3) is 2.84. The van der Waals surface area contributed by atoms with Crippen LogP contribution in [-0.4, -0.2) is 15.6 Å². The largest absolute Gasteiger partial charge is 0.378 e. The van der Waals surface area contributed by atoms with Gasteiger partial charge in [-0.25, -0.2) is 0 Å². The molecule has 4 nitrogen and oxygen atoms in total. The van der Waals surface area contributed by atoms with E-state index in [0.29, 0.717) is 10.1 Å². The van der Waals surface area contributed by atoms with Crippen LogP contribution in [0.3, 0.4) is 0 Å². The average Bonchev–Trinajstić information content (AvgIpc) is 3.08. The highest BCUT2D eigenvalue weighted by Gasteiger charge is 2.21. The third-order valence-corrected chi connectivity index (χ3v) is 5.59. The van der Waals surface area contributed by atoms with E-state index in [9.17, 15) is 4.79 Å². The molecule has 1 aliphatic heterocycles. The molecule has 26 heavy (non-hydrogen) atoms. The van der Waals surface area contributed by atoms with Crippen molar-refractivity contribution in [2.75, 3.05) is 0 Å². The molecule has 2 aromatic carbocycles. The molecule has 0 bridgehead atoms. The zero-order valence-corrected chi connectivity index (χ0v) is 15.5. The first-order valence-electron chi connectivity index (χ1n) is 8.45. The number of amidine groups is 1. The number of aryl methyl sites for hydroxylation is 1. The molecule has 0 saturated heterocycles. The number of fused-ring (bicyclic) bond motifs is 1. The SMILES string of the molecule is Cc1ccccc1Cn1c(C)c(/C=C2/SC(N)=NC2=O)c2ccccc21. The van der Waals surface area contributed by atoms with Crippen LogP contribution in [0.2, 0.25) is 0 Å². The summed E-state index contributed by atoms with van der Waals surface area (Å²) in [6.45, 7) is 5.02. The fourth-order valence-electron chi connectivity index (χ4n) is 3.36. The molecule has 0 fully saturated rings. The number of para-hydroxylation sites is 1. The summed E-state index contributed by atoms with van der Waals surface area (Å²) < 4.78 is 2.30. The minimum atomic E-state index is -0.261. The van der Waals surface area contributed by atoms with Crippen LogP contribution < -0.4 is 5.73 Å². The fourth-order valence-corrected chi connectivity index (χ4v) is 4.02. The van der Waals surface area contributed by atoms with Crippen molar-refractivity contribution in [1.29, 1.82) is 0 Å². The number of nitrogens with two attached hydrogens (primary N) is 1. The predicted molar refractivity (Wildman–Crippen MR) is 109 cm³/mol. The van der Waals surface area contributed by atoms with Gasteiger partial charge in [-0.05, 0) is 48.9 Å². The monoisotopic (exact) mass is 361 g/mol. The maximum atomic E-state index is 12.0. The van der Waals surface area contributed by atoms with E-state index in [1.165, 1.54) is 22.9 Å². The lowest BCUT2D eigenvalue weighted by Gasteiger charge is -2.11. The fraction of sp³-hybridized carbons (Fsp3) is 0.143. The molecule has 1 aromatic heterocycles. The van der Waals surface area contributed by atoms with Crippen molar-refractivity contribution in [3.8, 4) is 0 Å². The Morgan fingerprint density at radius 1 is 1.12 bits per heavy atom. The molecular formula is C21H19N3OS. The Kier molecular flexibility index (Phi) is 4.17. The molecule has 4 rings (SSSR count). The summed E-state index contributed by atoms with van der Waals surface area (Å²) in [5.41, 5.74) is 11.6. The van der Waals surface area contributed by atoms with E-state index in [4.69, 9.17) is 5.73 Å². The Morgan fingerprint density at radius 2 is 1.85 bits per heavy atom. The van der Waals surface area contributed by atoms with Crippen molar-refractivity contribution in [3.63, 3.8) is 0 Å². The quantitative estimate of drug-likeness (QED) is 0.710. The number of carbonyl (C=O) groups is 1. The molecule has 3 aromatic rings. The van der Waals surface area contributed by atoms with Gasteiger partial charge in [0.1, 0.15) is 0 Å². The Bertz CT molecular complexity index is 1090. The van der Waals surface area contributed by atoms with Crippen LogP contribution in [0.5, 0.6) is 0 Å². The summed E-state index contributed by atoms with van der Waals surface area (Å²) in [5.74, 6) is -0.261. The van der Waals surface area contributed by atoms with E-state index in [1.54, 1.807) is 0 Å². The van der Waals surface area contributed by atoms with Crippen LogP contribution in [0.15, 0.2) is 58.4 Å². The highest BCUT2D eigenvalue weighted by atomic mass is 32.2. The number of hydrogen-bond donors (Lipinski definition) is 1. The molecule has 0 radical (unpaired) electrons. The van der Waals surface area contributed by atoms with Gasteiger partial charge in [0.2, 0.25) is 0 Å². The molecule has 1 aliphatic rings. The third-order valence-electron chi connectivity index (χ3n) is 4.78. The number of aliphatic imine (C=N–C) groups is 1. The number of carbonyl (C=O) groups excluding carboxylic acids is 1. The molecule has 2 N–H and O–H groups in total. The second-order valence-corrected chi connectivity index (χ2v) is 7.46. The molecule has 2 heterocycles. The first-order chi connectivity index (χ1) is 12.5. The highest BCUT2D eigenvalue weighted by Crippen LogP contribution is 2.33. The molecule has 5 heteroatoms. The lowest BCUT2D eigenvalue weighted by molar-refractivity contribution is -0.113. The van der Waals surface area contributed by atoms with Crippen LogP contribution in [0.4, 0.5) is 0 Å². The zero-order chi connectivity index (χ0) is 18.3. The van der Waals surface area contributed by atoms with Crippen LogP contribution in [0, 0.1) is 13.8 Å². The van der Waals surface area contributed by atoms with Crippen LogP contribution in [0.1, 0.15) is 22.4 Å². The van der Waals surface area contributed by atoms with Gasteiger partial charge in [0.05, 0.1) is 4.91 Å². The van der Waals surface area contributed by atoms with E-state index in [1.807, 2.05) is 18.2 Å². The van der Waals surface area contributed by atoms with E-state index < -0.39 is 0 Å². The standard InChI is InChI=1S/C21H19N3OS/c1-13-7-3-4-8-15(13)12-24-14(2)17(16-9-5-6-10-18(16)24)11-19-20(25)23-21(22)26-19/h3-11H,12H2,1-2H3,(H2,22,23,25)/b19-11+. The summed E-state index contributed by atoms with van der Waals surface area (Å²) in [5, 5.41) is 1.44. The molecule has 0 unspecified atom stereocenters. The molecule has 0 atom stereocenters. The number of amides is 1. The normalized spacial score (nSPS) is 15.8.